The van der Waals surface area contributed by atoms with Crippen LogP contribution in [0.2, 0.25) is 0 Å². The third kappa shape index (κ3) is 6.18. The third-order valence-electron chi connectivity index (χ3n) is 5.07. The lowest BCUT2D eigenvalue weighted by Crippen LogP contribution is -2.46. The van der Waals surface area contributed by atoms with Gasteiger partial charge in [-0.3, -0.25) is 4.90 Å². The minimum Gasteiger partial charge on any atom is -0.491 e. The van der Waals surface area contributed by atoms with Crippen molar-refractivity contribution in [3.63, 3.8) is 0 Å². The number of likely N-dealkylation sites (tertiary alicyclic amines) is 1. The molecule has 1 aromatic carbocycles. The number of halogens is 2. The van der Waals surface area contributed by atoms with E-state index >= 15 is 0 Å². The second kappa shape index (κ2) is 11.8. The van der Waals surface area contributed by atoms with Crippen LogP contribution in [-0.4, -0.2) is 74.3 Å². The van der Waals surface area contributed by atoms with Gasteiger partial charge in [-0.1, -0.05) is 6.07 Å². The largest absolute Gasteiger partial charge is 0.491 e. The fourth-order valence-corrected chi connectivity index (χ4v) is 3.68. The second-order valence-corrected chi connectivity index (χ2v) is 6.90. The van der Waals surface area contributed by atoms with Crippen LogP contribution in [0.25, 0.3) is 0 Å². The van der Waals surface area contributed by atoms with Gasteiger partial charge in [0.1, 0.15) is 0 Å². The maximum Gasteiger partial charge on any atom is 0.194 e. The standard InChI is InChI=1S/C20H31FN4O2.HI/c1-3-22-20(23-14-16-5-6-19(27-4-2)18(21)13-16)25-8-7-17(15-25)24-9-11-26-12-10-24;/h5-6,13,17H,3-4,7-12,14-15H2,1-2H3,(H,22,23);1H. The summed E-state index contributed by atoms with van der Waals surface area (Å²) >= 11 is 0. The van der Waals surface area contributed by atoms with Crippen LogP contribution >= 0.6 is 24.0 Å². The molecule has 8 heteroatoms. The van der Waals surface area contributed by atoms with E-state index in [4.69, 9.17) is 14.5 Å². The summed E-state index contributed by atoms with van der Waals surface area (Å²) < 4.78 is 24.8. The molecule has 2 aliphatic heterocycles. The number of benzene rings is 1. The summed E-state index contributed by atoms with van der Waals surface area (Å²) in [5.41, 5.74) is 0.843. The number of hydrogen-bond acceptors (Lipinski definition) is 4. The molecule has 0 amide bonds. The summed E-state index contributed by atoms with van der Waals surface area (Å²) in [7, 11) is 0. The lowest BCUT2D eigenvalue weighted by molar-refractivity contribution is 0.0195. The van der Waals surface area contributed by atoms with E-state index in [9.17, 15) is 4.39 Å². The smallest absolute Gasteiger partial charge is 0.194 e. The zero-order valence-electron chi connectivity index (χ0n) is 16.8. The molecule has 0 spiro atoms. The Hall–Kier alpha value is -1.13. The van der Waals surface area contributed by atoms with Crippen molar-refractivity contribution in [2.45, 2.75) is 32.9 Å². The van der Waals surface area contributed by atoms with Crippen molar-refractivity contribution in [3.05, 3.63) is 29.6 Å². The van der Waals surface area contributed by atoms with Crippen LogP contribution in [0.5, 0.6) is 5.75 Å². The Morgan fingerprint density at radius 2 is 2.07 bits per heavy atom. The topological polar surface area (TPSA) is 49.3 Å². The highest BCUT2D eigenvalue weighted by atomic mass is 127. The van der Waals surface area contributed by atoms with Crippen LogP contribution in [0.15, 0.2) is 23.2 Å². The Balaban J connectivity index is 0.00000280. The van der Waals surface area contributed by atoms with Crippen molar-refractivity contribution in [1.29, 1.82) is 0 Å². The molecule has 0 bridgehead atoms. The fourth-order valence-electron chi connectivity index (χ4n) is 3.68. The normalized spacial score (nSPS) is 20.8. The van der Waals surface area contributed by atoms with Crippen molar-refractivity contribution in [1.82, 2.24) is 15.1 Å². The van der Waals surface area contributed by atoms with E-state index in [0.29, 0.717) is 24.9 Å². The minimum atomic E-state index is -0.330. The van der Waals surface area contributed by atoms with Gasteiger partial charge >= 0.3 is 0 Å². The van der Waals surface area contributed by atoms with E-state index in [-0.39, 0.29) is 29.8 Å². The fraction of sp³-hybridized carbons (Fsp3) is 0.650. The zero-order valence-corrected chi connectivity index (χ0v) is 19.2. The monoisotopic (exact) mass is 506 g/mol. The average molecular weight is 506 g/mol. The van der Waals surface area contributed by atoms with Crippen LogP contribution in [0, 0.1) is 5.82 Å². The molecule has 28 heavy (non-hydrogen) atoms. The van der Waals surface area contributed by atoms with Crippen LogP contribution in [0.4, 0.5) is 4.39 Å². The molecule has 1 atom stereocenters. The number of morpholine rings is 1. The van der Waals surface area contributed by atoms with E-state index in [1.54, 1.807) is 6.07 Å². The number of hydrogen-bond donors (Lipinski definition) is 1. The van der Waals surface area contributed by atoms with Crippen LogP contribution in [-0.2, 0) is 11.3 Å². The highest BCUT2D eigenvalue weighted by Gasteiger charge is 2.30. The maximum absolute atomic E-state index is 14.1. The lowest BCUT2D eigenvalue weighted by atomic mass is 10.2. The second-order valence-electron chi connectivity index (χ2n) is 6.90. The van der Waals surface area contributed by atoms with Gasteiger partial charge in [-0.15, -0.1) is 24.0 Å². The molecule has 0 radical (unpaired) electrons. The van der Waals surface area contributed by atoms with Gasteiger partial charge in [0, 0.05) is 38.8 Å². The molecule has 1 N–H and O–H groups in total. The predicted octanol–water partition coefficient (Wildman–Crippen LogP) is 2.71. The molecule has 2 fully saturated rings. The third-order valence-corrected chi connectivity index (χ3v) is 5.07. The molecule has 0 saturated carbocycles. The van der Waals surface area contributed by atoms with E-state index in [1.165, 1.54) is 6.07 Å². The van der Waals surface area contributed by atoms with Crippen LogP contribution in [0.1, 0.15) is 25.8 Å². The summed E-state index contributed by atoms with van der Waals surface area (Å²) in [6.45, 7) is 11.3. The van der Waals surface area contributed by atoms with E-state index in [1.807, 2.05) is 13.0 Å². The van der Waals surface area contributed by atoms with Gasteiger partial charge in [-0.05, 0) is 38.0 Å². The summed E-state index contributed by atoms with van der Waals surface area (Å²) in [5, 5.41) is 3.38. The van der Waals surface area contributed by atoms with E-state index < -0.39 is 0 Å². The first kappa shape index (κ1) is 23.2. The van der Waals surface area contributed by atoms with Crippen LogP contribution < -0.4 is 10.1 Å². The Kier molecular flexibility index (Phi) is 9.73. The lowest BCUT2D eigenvalue weighted by Gasteiger charge is -2.32. The first-order valence-electron chi connectivity index (χ1n) is 9.97. The summed E-state index contributed by atoms with van der Waals surface area (Å²) in [4.78, 5) is 9.58. The molecule has 0 aromatic heterocycles. The van der Waals surface area contributed by atoms with E-state index in [2.05, 4.69) is 22.0 Å². The Bertz CT molecular complexity index is 641. The molecule has 2 aliphatic rings. The number of nitrogens with zero attached hydrogens (tertiary/aromatic N) is 3. The van der Waals surface area contributed by atoms with Crippen molar-refractivity contribution in [3.8, 4) is 5.75 Å². The van der Waals surface area contributed by atoms with Crippen LogP contribution in [0.3, 0.4) is 0 Å². The van der Waals surface area contributed by atoms with Crippen molar-refractivity contribution < 1.29 is 13.9 Å². The van der Waals surface area contributed by atoms with Gasteiger partial charge < -0.3 is 19.7 Å². The molecule has 1 aromatic rings. The van der Waals surface area contributed by atoms with Gasteiger partial charge in [-0.25, -0.2) is 9.38 Å². The number of nitrogens with one attached hydrogen (secondary N) is 1. The molecular formula is C20H32FIN4O2. The maximum atomic E-state index is 14.1. The van der Waals surface area contributed by atoms with Gasteiger partial charge in [0.05, 0.1) is 26.4 Å². The quantitative estimate of drug-likeness (QED) is 0.366. The summed E-state index contributed by atoms with van der Waals surface area (Å²) in [5.74, 6) is 0.871. The highest BCUT2D eigenvalue weighted by Crippen LogP contribution is 2.20. The Labute approximate surface area is 184 Å². The van der Waals surface area contributed by atoms with E-state index in [0.717, 1.165) is 63.9 Å². The number of ether oxygens (including phenoxy) is 2. The Morgan fingerprint density at radius 1 is 1.29 bits per heavy atom. The Morgan fingerprint density at radius 3 is 2.75 bits per heavy atom. The van der Waals surface area contributed by atoms with Crippen molar-refractivity contribution >= 4 is 29.9 Å². The molecule has 0 aliphatic carbocycles. The molecule has 6 nitrogen and oxygen atoms in total. The number of guanidine groups is 1. The minimum absolute atomic E-state index is 0. The first-order valence-corrected chi connectivity index (χ1v) is 9.97. The van der Waals surface area contributed by atoms with Crippen molar-refractivity contribution in [2.75, 3.05) is 52.5 Å². The summed E-state index contributed by atoms with van der Waals surface area (Å²) in [6.07, 6.45) is 1.14. The molecule has 3 rings (SSSR count). The number of aliphatic imine (C=N–C) groups is 1. The van der Waals surface area contributed by atoms with Gasteiger partial charge in [0.25, 0.3) is 0 Å². The molecule has 2 heterocycles. The van der Waals surface area contributed by atoms with Gasteiger partial charge in [0.15, 0.2) is 17.5 Å². The first-order chi connectivity index (χ1) is 13.2. The number of rotatable bonds is 6. The predicted molar refractivity (Wildman–Crippen MR) is 120 cm³/mol. The highest BCUT2D eigenvalue weighted by molar-refractivity contribution is 14.0. The molecule has 158 valence electrons. The zero-order chi connectivity index (χ0) is 19.1. The van der Waals surface area contributed by atoms with Gasteiger partial charge in [-0.2, -0.15) is 0 Å². The van der Waals surface area contributed by atoms with Crippen molar-refractivity contribution in [2.24, 2.45) is 4.99 Å². The summed E-state index contributed by atoms with van der Waals surface area (Å²) in [6, 6.07) is 5.63. The average Bonchev–Trinajstić information content (AvgIpc) is 3.18. The molecular weight excluding hydrogens is 474 g/mol. The molecule has 1 unspecified atom stereocenters. The SMILES string of the molecule is CCNC(=NCc1ccc(OCC)c(F)c1)N1CCC(N2CCOCC2)C1.I. The van der Waals surface area contributed by atoms with Gasteiger partial charge in [0.2, 0.25) is 0 Å². The molecule has 2 saturated heterocycles.